The fraction of sp³-hybridized carbons (Fsp3) is 0.381. The lowest BCUT2D eigenvalue weighted by atomic mass is 9.91. The molecule has 150 valence electrons. The fourth-order valence-electron chi connectivity index (χ4n) is 3.15. The Kier molecular flexibility index (Phi) is 7.95. The summed E-state index contributed by atoms with van der Waals surface area (Å²) < 4.78 is 0. The molecular weight excluding hydrogens is 358 g/mol. The second-order valence-electron chi connectivity index (χ2n) is 7.28. The van der Waals surface area contributed by atoms with Gasteiger partial charge < -0.3 is 10.3 Å². The monoisotopic (exact) mass is 385 g/mol. The van der Waals surface area contributed by atoms with Crippen molar-refractivity contribution in [3.63, 3.8) is 0 Å². The van der Waals surface area contributed by atoms with Crippen LogP contribution in [0.5, 0.6) is 0 Å². The molecule has 1 unspecified atom stereocenters. The van der Waals surface area contributed by atoms with Crippen molar-refractivity contribution in [2.75, 3.05) is 0 Å². The highest BCUT2D eigenvalue weighted by molar-refractivity contribution is 6.02. The predicted octanol–water partition coefficient (Wildman–Crippen LogP) is 2.48. The lowest BCUT2D eigenvalue weighted by Crippen LogP contribution is -2.46. The molecule has 0 aliphatic rings. The van der Waals surface area contributed by atoms with Gasteiger partial charge in [-0.15, -0.1) is 0 Å². The van der Waals surface area contributed by atoms with E-state index in [0.717, 1.165) is 5.56 Å². The summed E-state index contributed by atoms with van der Waals surface area (Å²) in [6, 6.07) is 10.3. The van der Waals surface area contributed by atoms with Gasteiger partial charge in [-0.1, -0.05) is 44.2 Å². The van der Waals surface area contributed by atoms with Crippen molar-refractivity contribution < 1.29 is 19.6 Å². The lowest BCUT2D eigenvalue weighted by Gasteiger charge is -2.22. The molecule has 2 atom stereocenters. The Morgan fingerprint density at radius 1 is 1.11 bits per heavy atom. The second-order valence-corrected chi connectivity index (χ2v) is 7.28. The lowest BCUT2D eigenvalue weighted by molar-refractivity contribution is -0.135. The van der Waals surface area contributed by atoms with Crippen LogP contribution in [0.2, 0.25) is 0 Å². The van der Waals surface area contributed by atoms with Gasteiger partial charge in [-0.3, -0.25) is 19.6 Å². The molecule has 7 nitrogen and oxygen atoms in total. The van der Waals surface area contributed by atoms with Crippen LogP contribution in [0.25, 0.3) is 0 Å². The number of nitrogens with one attached hydrogen (secondary N) is 3. The molecule has 4 N–H and O–H groups in total. The van der Waals surface area contributed by atoms with Crippen LogP contribution in [0, 0.1) is 11.8 Å². The highest BCUT2D eigenvalue weighted by atomic mass is 16.5. The number of hydrogen-bond donors (Lipinski definition) is 4. The number of ketones is 1. The first-order chi connectivity index (χ1) is 13.4. The third-order valence-corrected chi connectivity index (χ3v) is 4.48. The Morgan fingerprint density at radius 2 is 1.82 bits per heavy atom. The van der Waals surface area contributed by atoms with Crippen molar-refractivity contribution >= 4 is 17.6 Å². The van der Waals surface area contributed by atoms with Gasteiger partial charge in [-0.2, -0.15) is 0 Å². The Balaban J connectivity index is 2.19. The maximum atomic E-state index is 12.9. The summed E-state index contributed by atoms with van der Waals surface area (Å²) in [6.45, 7) is 3.90. The number of benzene rings is 1. The fourth-order valence-corrected chi connectivity index (χ4v) is 3.15. The molecule has 0 spiro atoms. The van der Waals surface area contributed by atoms with E-state index in [1.807, 2.05) is 44.2 Å². The standard InChI is InChI=1S/C21H27N3O4/c1-14(2)10-17(12-19(25)24-28)21(27)23-18(11-15-6-4-3-5-7-15)20(26)16-8-9-22-13-16/h3-9,13-14,17-18,22,28H,10-12H2,1-2H3,(H,23,27)(H,24,25)/t17-,18?/m1/s1. The molecule has 1 heterocycles. The molecular formula is C21H27N3O4. The van der Waals surface area contributed by atoms with Gasteiger partial charge in [0.1, 0.15) is 0 Å². The van der Waals surface area contributed by atoms with Crippen LogP contribution in [0.3, 0.4) is 0 Å². The zero-order valence-corrected chi connectivity index (χ0v) is 16.1. The van der Waals surface area contributed by atoms with Gasteiger partial charge >= 0.3 is 0 Å². The van der Waals surface area contributed by atoms with Gasteiger partial charge in [0, 0.05) is 36.7 Å². The first-order valence-corrected chi connectivity index (χ1v) is 9.35. The number of aromatic amines is 1. The minimum Gasteiger partial charge on any atom is -0.367 e. The number of hydroxylamine groups is 1. The van der Waals surface area contributed by atoms with E-state index in [1.54, 1.807) is 23.9 Å². The van der Waals surface area contributed by atoms with Crippen molar-refractivity contribution in [3.05, 3.63) is 59.9 Å². The highest BCUT2D eigenvalue weighted by Crippen LogP contribution is 2.17. The Labute approximate surface area is 164 Å². The highest BCUT2D eigenvalue weighted by Gasteiger charge is 2.28. The van der Waals surface area contributed by atoms with E-state index in [2.05, 4.69) is 10.3 Å². The summed E-state index contributed by atoms with van der Waals surface area (Å²) in [5, 5.41) is 11.6. The smallest absolute Gasteiger partial charge is 0.244 e. The van der Waals surface area contributed by atoms with Gasteiger partial charge in [-0.25, -0.2) is 5.48 Å². The number of hydrogen-bond acceptors (Lipinski definition) is 4. The number of H-pyrrole nitrogens is 1. The number of carbonyl (C=O) groups excluding carboxylic acids is 3. The van der Waals surface area contributed by atoms with Crippen LogP contribution in [-0.4, -0.2) is 33.8 Å². The van der Waals surface area contributed by atoms with Crippen LogP contribution in [-0.2, 0) is 16.0 Å². The number of amides is 2. The Morgan fingerprint density at radius 3 is 2.39 bits per heavy atom. The Hall–Kier alpha value is -2.93. The third-order valence-electron chi connectivity index (χ3n) is 4.48. The molecule has 0 aliphatic carbocycles. The zero-order valence-electron chi connectivity index (χ0n) is 16.1. The van der Waals surface area contributed by atoms with Gasteiger partial charge in [0.05, 0.1) is 6.04 Å². The molecule has 1 aromatic carbocycles. The first kappa shape index (κ1) is 21.4. The zero-order chi connectivity index (χ0) is 20.5. The molecule has 2 amide bonds. The quantitative estimate of drug-likeness (QED) is 0.286. The van der Waals surface area contributed by atoms with Crippen molar-refractivity contribution in [2.24, 2.45) is 11.8 Å². The van der Waals surface area contributed by atoms with Crippen LogP contribution >= 0.6 is 0 Å². The third kappa shape index (κ3) is 6.35. The summed E-state index contributed by atoms with van der Waals surface area (Å²) in [6.07, 6.45) is 3.92. The first-order valence-electron chi connectivity index (χ1n) is 9.35. The maximum Gasteiger partial charge on any atom is 0.244 e. The SMILES string of the molecule is CC(C)C[C@H](CC(=O)NO)C(=O)NC(Cc1ccccc1)C(=O)c1cc[nH]c1. The van der Waals surface area contributed by atoms with Gasteiger partial charge in [0.2, 0.25) is 11.8 Å². The summed E-state index contributed by atoms with van der Waals surface area (Å²) in [7, 11) is 0. The minimum absolute atomic E-state index is 0.142. The van der Waals surface area contributed by atoms with E-state index in [0.29, 0.717) is 18.4 Å². The maximum absolute atomic E-state index is 12.9. The predicted molar refractivity (Wildman–Crippen MR) is 105 cm³/mol. The normalized spacial score (nSPS) is 13.0. The average molecular weight is 385 g/mol. The van der Waals surface area contributed by atoms with Crippen molar-refractivity contribution in [2.45, 2.75) is 39.2 Å². The molecule has 0 fully saturated rings. The molecule has 28 heavy (non-hydrogen) atoms. The number of carbonyl (C=O) groups is 3. The Bertz CT molecular complexity index is 772. The number of aromatic nitrogens is 1. The molecule has 0 saturated heterocycles. The van der Waals surface area contributed by atoms with E-state index < -0.39 is 17.9 Å². The second kappa shape index (κ2) is 10.4. The molecule has 0 radical (unpaired) electrons. The van der Waals surface area contributed by atoms with E-state index in [4.69, 9.17) is 5.21 Å². The van der Waals surface area contributed by atoms with Crippen LogP contribution in [0.1, 0.15) is 42.6 Å². The van der Waals surface area contributed by atoms with E-state index in [-0.39, 0.29) is 24.0 Å². The van der Waals surface area contributed by atoms with E-state index in [1.165, 1.54) is 0 Å². The number of Topliss-reactive ketones (excluding diaryl/α,β-unsaturated/α-hetero) is 1. The molecule has 0 bridgehead atoms. The largest absolute Gasteiger partial charge is 0.367 e. The van der Waals surface area contributed by atoms with Crippen molar-refractivity contribution in [3.8, 4) is 0 Å². The molecule has 1 aromatic heterocycles. The van der Waals surface area contributed by atoms with E-state index >= 15 is 0 Å². The minimum atomic E-state index is -0.752. The molecule has 2 aromatic rings. The van der Waals surface area contributed by atoms with Gasteiger partial charge in [0.15, 0.2) is 5.78 Å². The topological polar surface area (TPSA) is 111 Å². The summed E-state index contributed by atoms with van der Waals surface area (Å²) >= 11 is 0. The van der Waals surface area contributed by atoms with Crippen LogP contribution in [0.15, 0.2) is 48.8 Å². The summed E-state index contributed by atoms with van der Waals surface area (Å²) in [5.41, 5.74) is 2.97. The number of rotatable bonds is 10. The molecule has 0 aliphatic heterocycles. The molecule has 7 heteroatoms. The van der Waals surface area contributed by atoms with Gasteiger partial charge in [-0.05, 0) is 24.0 Å². The van der Waals surface area contributed by atoms with Crippen LogP contribution < -0.4 is 10.8 Å². The molecule has 2 rings (SSSR count). The average Bonchev–Trinajstić information content (AvgIpc) is 3.21. The van der Waals surface area contributed by atoms with Crippen molar-refractivity contribution in [1.29, 1.82) is 0 Å². The van der Waals surface area contributed by atoms with Crippen LogP contribution in [0.4, 0.5) is 0 Å². The summed E-state index contributed by atoms with van der Waals surface area (Å²) in [5.74, 6) is -1.66. The summed E-state index contributed by atoms with van der Waals surface area (Å²) in [4.78, 5) is 40.2. The van der Waals surface area contributed by atoms with E-state index in [9.17, 15) is 14.4 Å². The van der Waals surface area contributed by atoms with Gasteiger partial charge in [0.25, 0.3) is 0 Å². The molecule has 0 saturated carbocycles. The van der Waals surface area contributed by atoms with Crippen molar-refractivity contribution in [1.82, 2.24) is 15.8 Å².